The average molecular weight is 432 g/mol. The minimum atomic E-state index is -0.449. The summed E-state index contributed by atoms with van der Waals surface area (Å²) in [5, 5.41) is 4.15. The van der Waals surface area contributed by atoms with Gasteiger partial charge in [-0.1, -0.05) is 28.1 Å². The van der Waals surface area contributed by atoms with Crippen LogP contribution in [0.15, 0.2) is 33.2 Å². The molecule has 1 aromatic rings. The molecule has 2 heterocycles. The molecular formula is C15H16Br2N2OS. The third-order valence-corrected chi connectivity index (χ3v) is 5.24. The summed E-state index contributed by atoms with van der Waals surface area (Å²) >= 11 is 12.7. The molecule has 0 radical (unpaired) electrons. The minimum absolute atomic E-state index is 0.168. The number of thiocarbonyl (C=S) groups is 1. The van der Waals surface area contributed by atoms with Crippen LogP contribution in [0.4, 0.5) is 0 Å². The van der Waals surface area contributed by atoms with E-state index < -0.39 is 5.72 Å². The molecular weight excluding hydrogens is 416 g/mol. The summed E-state index contributed by atoms with van der Waals surface area (Å²) in [6.45, 7) is 8.78. The zero-order valence-electron chi connectivity index (χ0n) is 11.9. The van der Waals surface area contributed by atoms with Crippen molar-refractivity contribution in [2.45, 2.75) is 32.0 Å². The average Bonchev–Trinajstić information content (AvgIpc) is 2.36. The zero-order chi connectivity index (χ0) is 15.4. The van der Waals surface area contributed by atoms with Crippen molar-refractivity contribution in [3.8, 4) is 5.75 Å². The molecule has 1 N–H and O–H groups in total. The number of hydrogen-bond donors (Lipinski definition) is 1. The van der Waals surface area contributed by atoms with Crippen LogP contribution in [0.5, 0.6) is 5.75 Å². The van der Waals surface area contributed by atoms with Crippen molar-refractivity contribution < 1.29 is 4.74 Å². The molecule has 2 aliphatic rings. The monoisotopic (exact) mass is 430 g/mol. The lowest BCUT2D eigenvalue weighted by Crippen LogP contribution is -2.64. The van der Waals surface area contributed by atoms with Crippen LogP contribution in [0.2, 0.25) is 0 Å². The SMILES string of the molecule is C=C(C)CN1C(=S)NC2CC1(C)Oc1c(Br)cc(Br)cc12. The summed E-state index contributed by atoms with van der Waals surface area (Å²) in [6, 6.07) is 4.26. The van der Waals surface area contributed by atoms with Crippen LogP contribution < -0.4 is 10.1 Å². The predicted octanol–water partition coefficient (Wildman–Crippen LogP) is 4.52. The number of halogens is 2. The highest BCUT2D eigenvalue weighted by atomic mass is 79.9. The van der Waals surface area contributed by atoms with Gasteiger partial charge in [-0.25, -0.2) is 0 Å². The fourth-order valence-electron chi connectivity index (χ4n) is 2.94. The van der Waals surface area contributed by atoms with Crippen LogP contribution in [-0.2, 0) is 0 Å². The molecule has 2 bridgehead atoms. The Labute approximate surface area is 147 Å². The maximum Gasteiger partial charge on any atom is 0.184 e. The van der Waals surface area contributed by atoms with Crippen molar-refractivity contribution in [2.75, 3.05) is 6.54 Å². The molecule has 0 aliphatic carbocycles. The molecule has 1 fully saturated rings. The van der Waals surface area contributed by atoms with Crippen LogP contribution in [0.1, 0.15) is 31.9 Å². The van der Waals surface area contributed by atoms with Gasteiger partial charge < -0.3 is 15.0 Å². The summed E-state index contributed by atoms with van der Waals surface area (Å²) in [6.07, 6.45) is 0.844. The molecule has 2 aliphatic heterocycles. The van der Waals surface area contributed by atoms with E-state index in [0.29, 0.717) is 6.54 Å². The molecule has 0 aromatic heterocycles. The van der Waals surface area contributed by atoms with Gasteiger partial charge in [0.2, 0.25) is 0 Å². The molecule has 21 heavy (non-hydrogen) atoms. The fraction of sp³-hybridized carbons (Fsp3) is 0.400. The zero-order valence-corrected chi connectivity index (χ0v) is 15.9. The Morgan fingerprint density at radius 2 is 2.29 bits per heavy atom. The Hall–Kier alpha value is -0.590. The van der Waals surface area contributed by atoms with Gasteiger partial charge in [0.15, 0.2) is 10.8 Å². The first-order valence-electron chi connectivity index (χ1n) is 6.70. The van der Waals surface area contributed by atoms with E-state index in [0.717, 1.165) is 37.4 Å². The highest BCUT2D eigenvalue weighted by Gasteiger charge is 2.48. The Bertz CT molecular complexity index is 649. The summed E-state index contributed by atoms with van der Waals surface area (Å²) in [5.74, 6) is 0.888. The summed E-state index contributed by atoms with van der Waals surface area (Å²) in [4.78, 5) is 2.08. The molecule has 1 aromatic carbocycles. The van der Waals surface area contributed by atoms with Crippen LogP contribution in [0, 0.1) is 0 Å². The lowest BCUT2D eigenvalue weighted by atomic mass is 9.90. The highest BCUT2D eigenvalue weighted by Crippen LogP contribution is 2.48. The van der Waals surface area contributed by atoms with Crippen molar-refractivity contribution in [3.05, 3.63) is 38.8 Å². The number of nitrogens with one attached hydrogen (secondary N) is 1. The van der Waals surface area contributed by atoms with Gasteiger partial charge in [0.05, 0.1) is 10.5 Å². The van der Waals surface area contributed by atoms with Gasteiger partial charge >= 0.3 is 0 Å². The topological polar surface area (TPSA) is 24.5 Å². The van der Waals surface area contributed by atoms with Crippen molar-refractivity contribution in [1.29, 1.82) is 0 Å². The van der Waals surface area contributed by atoms with Crippen LogP contribution in [-0.4, -0.2) is 22.3 Å². The van der Waals surface area contributed by atoms with Gasteiger partial charge in [-0.15, -0.1) is 0 Å². The van der Waals surface area contributed by atoms with Crippen LogP contribution in [0.25, 0.3) is 0 Å². The van der Waals surface area contributed by atoms with Crippen molar-refractivity contribution >= 4 is 49.2 Å². The van der Waals surface area contributed by atoms with Crippen LogP contribution in [0.3, 0.4) is 0 Å². The van der Waals surface area contributed by atoms with Gasteiger partial charge in [-0.05, 0) is 54.1 Å². The van der Waals surface area contributed by atoms with Gasteiger partial charge in [0.1, 0.15) is 5.75 Å². The molecule has 2 unspecified atom stereocenters. The molecule has 1 saturated heterocycles. The van der Waals surface area contributed by atoms with Crippen LogP contribution >= 0.6 is 44.1 Å². The van der Waals surface area contributed by atoms with E-state index in [2.05, 4.69) is 61.6 Å². The second kappa shape index (κ2) is 5.25. The summed E-state index contributed by atoms with van der Waals surface area (Å²) < 4.78 is 8.33. The lowest BCUT2D eigenvalue weighted by molar-refractivity contribution is -0.0647. The van der Waals surface area contributed by atoms with E-state index in [4.69, 9.17) is 17.0 Å². The number of rotatable bonds is 2. The maximum atomic E-state index is 6.35. The van der Waals surface area contributed by atoms with Gasteiger partial charge in [-0.3, -0.25) is 0 Å². The molecule has 2 atom stereocenters. The first kappa shape index (κ1) is 15.3. The molecule has 6 heteroatoms. The Morgan fingerprint density at radius 1 is 1.57 bits per heavy atom. The second-order valence-corrected chi connectivity index (χ2v) is 7.99. The number of ether oxygens (including phenoxy) is 1. The lowest BCUT2D eigenvalue weighted by Gasteiger charge is -2.52. The van der Waals surface area contributed by atoms with Gasteiger partial charge in [0.25, 0.3) is 0 Å². The Kier molecular flexibility index (Phi) is 3.83. The molecule has 0 amide bonds. The first-order chi connectivity index (χ1) is 9.80. The Morgan fingerprint density at radius 3 is 2.95 bits per heavy atom. The minimum Gasteiger partial charge on any atom is -0.467 e. The van der Waals surface area contributed by atoms with E-state index in [1.54, 1.807) is 0 Å². The van der Waals surface area contributed by atoms with Gasteiger partial charge in [-0.2, -0.15) is 0 Å². The normalized spacial score (nSPS) is 26.8. The first-order valence-corrected chi connectivity index (χ1v) is 8.70. The second-order valence-electron chi connectivity index (χ2n) is 5.83. The highest BCUT2D eigenvalue weighted by molar-refractivity contribution is 9.11. The van der Waals surface area contributed by atoms with Crippen molar-refractivity contribution in [1.82, 2.24) is 10.2 Å². The van der Waals surface area contributed by atoms with E-state index in [9.17, 15) is 0 Å². The quantitative estimate of drug-likeness (QED) is 0.549. The number of nitrogens with zero attached hydrogens (tertiary/aromatic N) is 1. The molecule has 0 spiro atoms. The van der Waals surface area contributed by atoms with Crippen molar-refractivity contribution in [2.24, 2.45) is 0 Å². The predicted molar refractivity (Wildman–Crippen MR) is 95.5 cm³/mol. The maximum absolute atomic E-state index is 6.35. The largest absolute Gasteiger partial charge is 0.467 e. The Balaban J connectivity index is 2.07. The number of hydrogen-bond acceptors (Lipinski definition) is 2. The smallest absolute Gasteiger partial charge is 0.184 e. The fourth-order valence-corrected chi connectivity index (χ4v) is 4.68. The van der Waals surface area contributed by atoms with E-state index in [1.807, 2.05) is 13.0 Å². The van der Waals surface area contributed by atoms with E-state index in [-0.39, 0.29) is 6.04 Å². The standard InChI is InChI=1S/C15H16Br2N2OS/c1-8(2)7-19-14(21)18-12-6-15(19,3)20-13-10(12)4-9(16)5-11(13)17/h4-5,12H,1,6-7H2,2-3H3,(H,18,21). The number of benzene rings is 1. The summed E-state index contributed by atoms with van der Waals surface area (Å²) in [7, 11) is 0. The third kappa shape index (κ3) is 2.62. The van der Waals surface area contributed by atoms with Crippen molar-refractivity contribution in [3.63, 3.8) is 0 Å². The molecule has 112 valence electrons. The summed E-state index contributed by atoms with van der Waals surface area (Å²) in [5.41, 5.74) is 1.74. The van der Waals surface area contributed by atoms with Gasteiger partial charge in [0, 0.05) is 23.0 Å². The van der Waals surface area contributed by atoms with E-state index >= 15 is 0 Å². The molecule has 0 saturated carbocycles. The molecule has 3 nitrogen and oxygen atoms in total. The number of fused-ring (bicyclic) bond motifs is 4. The molecule has 3 rings (SSSR count). The van der Waals surface area contributed by atoms with E-state index in [1.165, 1.54) is 0 Å². The third-order valence-electron chi connectivity index (χ3n) is 3.86.